The summed E-state index contributed by atoms with van der Waals surface area (Å²) in [6, 6.07) is 26.3. The minimum absolute atomic E-state index is 0.699. The molecule has 128 valence electrons. The minimum Gasteiger partial charge on any atom is -0.455 e. The lowest BCUT2D eigenvalue weighted by Crippen LogP contribution is -1.80. The number of hydrogen-bond donors (Lipinski definition) is 0. The SMILES string of the molecule is Clc1cccc2oc3c(-c4cccc5c4oc4ccccc45)cccc3c12. The van der Waals surface area contributed by atoms with E-state index < -0.39 is 0 Å². The molecule has 0 aliphatic rings. The molecule has 2 aromatic heterocycles. The Balaban J connectivity index is 1.76. The van der Waals surface area contributed by atoms with Gasteiger partial charge in [-0.2, -0.15) is 0 Å². The maximum Gasteiger partial charge on any atom is 0.143 e. The van der Waals surface area contributed by atoms with Crippen molar-refractivity contribution in [1.29, 1.82) is 0 Å². The van der Waals surface area contributed by atoms with Crippen LogP contribution in [0, 0.1) is 0 Å². The topological polar surface area (TPSA) is 26.3 Å². The number of halogens is 1. The van der Waals surface area contributed by atoms with Crippen LogP contribution in [-0.4, -0.2) is 0 Å². The maximum absolute atomic E-state index is 6.45. The molecular formula is C24H13ClO2. The quantitative estimate of drug-likeness (QED) is 0.296. The van der Waals surface area contributed by atoms with Crippen molar-refractivity contribution in [3.63, 3.8) is 0 Å². The first-order valence-electron chi connectivity index (χ1n) is 8.81. The molecule has 6 aromatic rings. The van der Waals surface area contributed by atoms with Gasteiger partial charge >= 0.3 is 0 Å². The average Bonchev–Trinajstić information content (AvgIpc) is 3.26. The van der Waals surface area contributed by atoms with Gasteiger partial charge in [0.2, 0.25) is 0 Å². The van der Waals surface area contributed by atoms with Gasteiger partial charge in [0, 0.05) is 32.7 Å². The zero-order valence-electron chi connectivity index (χ0n) is 14.2. The molecule has 6 rings (SSSR count). The molecule has 2 heterocycles. The largest absolute Gasteiger partial charge is 0.455 e. The van der Waals surface area contributed by atoms with Crippen LogP contribution in [0.1, 0.15) is 0 Å². The van der Waals surface area contributed by atoms with Gasteiger partial charge in [0.25, 0.3) is 0 Å². The van der Waals surface area contributed by atoms with Crippen molar-refractivity contribution >= 4 is 55.5 Å². The summed E-state index contributed by atoms with van der Waals surface area (Å²) in [5.74, 6) is 0. The predicted molar refractivity (Wildman–Crippen MR) is 111 cm³/mol. The molecule has 0 bridgehead atoms. The zero-order chi connectivity index (χ0) is 18.0. The minimum atomic E-state index is 0.699. The van der Waals surface area contributed by atoms with E-state index in [1.807, 2.05) is 42.5 Å². The Morgan fingerprint density at radius 1 is 0.519 bits per heavy atom. The van der Waals surface area contributed by atoms with Crippen molar-refractivity contribution in [1.82, 2.24) is 0 Å². The molecule has 2 nitrogen and oxygen atoms in total. The van der Waals surface area contributed by atoms with Gasteiger partial charge in [-0.3, -0.25) is 0 Å². The molecule has 0 saturated heterocycles. The van der Waals surface area contributed by atoms with E-state index in [0.717, 1.165) is 55.0 Å². The number of furan rings is 2. The van der Waals surface area contributed by atoms with Crippen molar-refractivity contribution in [2.24, 2.45) is 0 Å². The highest BCUT2D eigenvalue weighted by atomic mass is 35.5. The number of hydrogen-bond acceptors (Lipinski definition) is 2. The molecule has 0 aliphatic carbocycles. The van der Waals surface area contributed by atoms with Crippen LogP contribution in [-0.2, 0) is 0 Å². The van der Waals surface area contributed by atoms with Crippen LogP contribution >= 0.6 is 11.6 Å². The summed E-state index contributed by atoms with van der Waals surface area (Å²) in [7, 11) is 0. The van der Waals surface area contributed by atoms with E-state index in [1.54, 1.807) is 0 Å². The van der Waals surface area contributed by atoms with Crippen molar-refractivity contribution in [2.45, 2.75) is 0 Å². The fourth-order valence-electron chi connectivity index (χ4n) is 3.98. The van der Waals surface area contributed by atoms with E-state index >= 15 is 0 Å². The maximum atomic E-state index is 6.45. The van der Waals surface area contributed by atoms with E-state index in [9.17, 15) is 0 Å². The molecular weight excluding hydrogens is 356 g/mol. The summed E-state index contributed by atoms with van der Waals surface area (Å²) < 4.78 is 12.4. The molecule has 3 heteroatoms. The molecule has 0 aliphatic heterocycles. The van der Waals surface area contributed by atoms with E-state index in [0.29, 0.717) is 5.02 Å². The van der Waals surface area contributed by atoms with Crippen LogP contribution in [0.5, 0.6) is 0 Å². The zero-order valence-corrected chi connectivity index (χ0v) is 15.0. The molecule has 0 spiro atoms. The Labute approximate surface area is 159 Å². The van der Waals surface area contributed by atoms with Crippen molar-refractivity contribution in [3.8, 4) is 11.1 Å². The second kappa shape index (κ2) is 5.38. The van der Waals surface area contributed by atoms with Gasteiger partial charge in [0.05, 0.1) is 5.02 Å². The Morgan fingerprint density at radius 3 is 1.96 bits per heavy atom. The van der Waals surface area contributed by atoms with Crippen molar-refractivity contribution < 1.29 is 8.83 Å². The van der Waals surface area contributed by atoms with Crippen LogP contribution in [0.15, 0.2) is 87.7 Å². The predicted octanol–water partition coefficient (Wildman–Crippen LogP) is 7.81. The molecule has 0 radical (unpaired) electrons. The molecule has 4 aromatic carbocycles. The van der Waals surface area contributed by atoms with Crippen LogP contribution < -0.4 is 0 Å². The average molecular weight is 369 g/mol. The summed E-state index contributed by atoms with van der Waals surface area (Å²) in [6.07, 6.45) is 0. The van der Waals surface area contributed by atoms with Gasteiger partial charge in [0.1, 0.15) is 22.3 Å². The third kappa shape index (κ3) is 2.02. The Morgan fingerprint density at radius 2 is 1.11 bits per heavy atom. The first-order chi connectivity index (χ1) is 13.3. The van der Waals surface area contributed by atoms with E-state index in [4.69, 9.17) is 20.4 Å². The molecule has 0 unspecified atom stereocenters. The smallest absolute Gasteiger partial charge is 0.143 e. The highest BCUT2D eigenvalue weighted by molar-refractivity contribution is 6.38. The number of para-hydroxylation sites is 3. The molecule has 0 atom stereocenters. The van der Waals surface area contributed by atoms with Crippen LogP contribution in [0.4, 0.5) is 0 Å². The highest BCUT2D eigenvalue weighted by Gasteiger charge is 2.17. The van der Waals surface area contributed by atoms with Gasteiger partial charge in [-0.05, 0) is 18.2 Å². The normalized spacial score (nSPS) is 11.9. The first kappa shape index (κ1) is 14.9. The summed E-state index contributed by atoms with van der Waals surface area (Å²) in [4.78, 5) is 0. The fraction of sp³-hybridized carbons (Fsp3) is 0. The van der Waals surface area contributed by atoms with Crippen molar-refractivity contribution in [3.05, 3.63) is 83.9 Å². The monoisotopic (exact) mass is 368 g/mol. The Kier molecular flexibility index (Phi) is 2.97. The van der Waals surface area contributed by atoms with Gasteiger partial charge in [0.15, 0.2) is 0 Å². The standard InChI is InChI=1S/C24H13ClO2/c25-19-11-5-13-21-22(19)18-10-4-9-17(24(18)27-21)16-8-3-7-15-14-6-1-2-12-20(14)26-23(15)16/h1-13H. The van der Waals surface area contributed by atoms with E-state index in [2.05, 4.69) is 36.4 Å². The molecule has 27 heavy (non-hydrogen) atoms. The summed E-state index contributed by atoms with van der Waals surface area (Å²) >= 11 is 6.45. The van der Waals surface area contributed by atoms with Gasteiger partial charge in [-0.25, -0.2) is 0 Å². The summed E-state index contributed by atoms with van der Waals surface area (Å²) in [5, 5.41) is 4.89. The van der Waals surface area contributed by atoms with E-state index in [-0.39, 0.29) is 0 Å². The van der Waals surface area contributed by atoms with Crippen LogP contribution in [0.3, 0.4) is 0 Å². The fourth-order valence-corrected chi connectivity index (χ4v) is 4.24. The van der Waals surface area contributed by atoms with Crippen LogP contribution in [0.25, 0.3) is 55.0 Å². The Bertz CT molecular complexity index is 1490. The van der Waals surface area contributed by atoms with E-state index in [1.165, 1.54) is 0 Å². The second-order valence-electron chi connectivity index (χ2n) is 6.68. The first-order valence-corrected chi connectivity index (χ1v) is 9.19. The third-order valence-electron chi connectivity index (χ3n) is 5.17. The van der Waals surface area contributed by atoms with Gasteiger partial charge in [-0.1, -0.05) is 72.3 Å². The molecule has 0 amide bonds. The Hall–Kier alpha value is -3.23. The lowest BCUT2D eigenvalue weighted by Gasteiger charge is -2.03. The van der Waals surface area contributed by atoms with Gasteiger partial charge < -0.3 is 8.83 Å². The number of fused-ring (bicyclic) bond motifs is 6. The van der Waals surface area contributed by atoms with Crippen LogP contribution in [0.2, 0.25) is 5.02 Å². The summed E-state index contributed by atoms with van der Waals surface area (Å²) in [5.41, 5.74) is 5.40. The number of benzene rings is 4. The summed E-state index contributed by atoms with van der Waals surface area (Å²) in [6.45, 7) is 0. The van der Waals surface area contributed by atoms with Gasteiger partial charge in [-0.15, -0.1) is 0 Å². The lowest BCUT2D eigenvalue weighted by atomic mass is 10.00. The highest BCUT2D eigenvalue weighted by Crippen LogP contribution is 2.42. The second-order valence-corrected chi connectivity index (χ2v) is 7.08. The lowest BCUT2D eigenvalue weighted by molar-refractivity contribution is 0.665. The molecule has 0 N–H and O–H groups in total. The number of rotatable bonds is 1. The third-order valence-corrected chi connectivity index (χ3v) is 5.48. The molecule has 0 fully saturated rings. The van der Waals surface area contributed by atoms with Crippen molar-refractivity contribution in [2.75, 3.05) is 0 Å². The molecule has 0 saturated carbocycles.